The summed E-state index contributed by atoms with van der Waals surface area (Å²) in [6.07, 6.45) is 1.93. The highest BCUT2D eigenvalue weighted by molar-refractivity contribution is 6.30. The quantitative estimate of drug-likeness (QED) is 0.807. The van der Waals surface area contributed by atoms with Gasteiger partial charge in [0.1, 0.15) is 5.15 Å². The maximum absolute atomic E-state index is 13.0. The van der Waals surface area contributed by atoms with Crippen LogP contribution in [0.25, 0.3) is 0 Å². The number of hydrogen-bond acceptors (Lipinski definition) is 4. The van der Waals surface area contributed by atoms with E-state index >= 15 is 0 Å². The van der Waals surface area contributed by atoms with E-state index < -0.39 is 0 Å². The molecule has 3 heterocycles. The van der Waals surface area contributed by atoms with Crippen LogP contribution >= 0.6 is 11.6 Å². The molecule has 0 aliphatic carbocycles. The summed E-state index contributed by atoms with van der Waals surface area (Å²) in [7, 11) is 1.88. The number of piperazine rings is 1. The average molecular weight is 402 g/mol. The highest BCUT2D eigenvalue weighted by Gasteiger charge is 2.40. The molecule has 2 fully saturated rings. The zero-order chi connectivity index (χ0) is 19.7. The van der Waals surface area contributed by atoms with Gasteiger partial charge in [-0.15, -0.1) is 0 Å². The molecule has 1 aromatic carbocycles. The van der Waals surface area contributed by atoms with Gasteiger partial charge in [0.2, 0.25) is 0 Å². The van der Waals surface area contributed by atoms with E-state index in [2.05, 4.69) is 27.1 Å². The molecule has 28 heavy (non-hydrogen) atoms. The van der Waals surface area contributed by atoms with Crippen molar-refractivity contribution >= 4 is 17.5 Å². The van der Waals surface area contributed by atoms with E-state index in [0.29, 0.717) is 23.8 Å². The first kappa shape index (κ1) is 19.4. The predicted octanol–water partition coefficient (Wildman–Crippen LogP) is 2.32. The smallest absolute Gasteiger partial charge is 0.254 e. The van der Waals surface area contributed by atoms with Crippen molar-refractivity contribution in [3.63, 3.8) is 0 Å². The normalized spacial score (nSPS) is 24.0. The van der Waals surface area contributed by atoms with Crippen molar-refractivity contribution in [1.29, 1.82) is 0 Å². The van der Waals surface area contributed by atoms with Gasteiger partial charge >= 0.3 is 0 Å². The Balaban J connectivity index is 1.40. The summed E-state index contributed by atoms with van der Waals surface area (Å²) in [5.74, 6) is 0.153. The van der Waals surface area contributed by atoms with Crippen molar-refractivity contribution in [2.75, 3.05) is 26.2 Å². The molecule has 1 aromatic heterocycles. The molecule has 0 spiro atoms. The zero-order valence-electron chi connectivity index (χ0n) is 16.6. The molecular formula is C21H28ClN5O. The SMILES string of the molecule is CCc1nn(C)c(Cl)c1CNC[C@@H]1CN(C(=O)c2ccccc2)[C@H]2CCN1C2. The monoisotopic (exact) mass is 401 g/mol. The van der Waals surface area contributed by atoms with Gasteiger partial charge < -0.3 is 10.2 Å². The molecule has 0 radical (unpaired) electrons. The average Bonchev–Trinajstić information content (AvgIpc) is 3.26. The van der Waals surface area contributed by atoms with E-state index in [4.69, 9.17) is 11.6 Å². The van der Waals surface area contributed by atoms with Crippen LogP contribution in [0.1, 0.15) is 35.0 Å². The summed E-state index contributed by atoms with van der Waals surface area (Å²) in [5.41, 5.74) is 2.91. The Labute approximate surface area is 171 Å². The lowest BCUT2D eigenvalue weighted by molar-refractivity contribution is 0.0495. The van der Waals surface area contributed by atoms with Gasteiger partial charge in [-0.05, 0) is 25.0 Å². The number of benzene rings is 1. The van der Waals surface area contributed by atoms with Crippen molar-refractivity contribution in [2.24, 2.45) is 7.05 Å². The first-order chi connectivity index (χ1) is 13.6. The molecular weight excluding hydrogens is 374 g/mol. The molecule has 1 unspecified atom stereocenters. The van der Waals surface area contributed by atoms with Crippen molar-refractivity contribution in [3.05, 3.63) is 52.3 Å². The summed E-state index contributed by atoms with van der Waals surface area (Å²) in [4.78, 5) is 17.6. The highest BCUT2D eigenvalue weighted by atomic mass is 35.5. The van der Waals surface area contributed by atoms with Crippen molar-refractivity contribution in [3.8, 4) is 0 Å². The largest absolute Gasteiger partial charge is 0.333 e. The number of rotatable bonds is 6. The maximum atomic E-state index is 13.0. The topological polar surface area (TPSA) is 53.4 Å². The van der Waals surface area contributed by atoms with E-state index in [9.17, 15) is 4.79 Å². The third-order valence-corrected chi connectivity index (χ3v) is 6.48. The first-order valence-electron chi connectivity index (χ1n) is 10.1. The molecule has 2 aromatic rings. The number of fused-ring (bicyclic) bond motifs is 2. The van der Waals surface area contributed by atoms with Gasteiger partial charge in [0.15, 0.2) is 0 Å². The summed E-state index contributed by atoms with van der Waals surface area (Å²) in [6, 6.07) is 10.3. The van der Waals surface area contributed by atoms with E-state index in [1.165, 1.54) is 0 Å². The number of carbonyl (C=O) groups is 1. The van der Waals surface area contributed by atoms with Gasteiger partial charge in [0, 0.05) is 63.0 Å². The van der Waals surface area contributed by atoms with Crippen LogP contribution in [-0.2, 0) is 20.0 Å². The fraction of sp³-hybridized carbons (Fsp3) is 0.524. The fourth-order valence-corrected chi connectivity index (χ4v) is 4.67. The second kappa shape index (κ2) is 8.23. The number of carbonyl (C=O) groups excluding carboxylic acids is 1. The van der Waals surface area contributed by atoms with Crippen molar-refractivity contribution < 1.29 is 4.79 Å². The Kier molecular flexibility index (Phi) is 5.71. The van der Waals surface area contributed by atoms with Crippen LogP contribution in [0.4, 0.5) is 0 Å². The molecule has 1 amide bonds. The van der Waals surface area contributed by atoms with Gasteiger partial charge in [0.25, 0.3) is 5.91 Å². The Bertz CT molecular complexity index is 837. The summed E-state index contributed by atoms with van der Waals surface area (Å²) in [6.45, 7) is 6.44. The number of nitrogens with one attached hydrogen (secondary N) is 1. The Morgan fingerprint density at radius 3 is 2.82 bits per heavy atom. The van der Waals surface area contributed by atoms with Crippen LogP contribution < -0.4 is 5.32 Å². The molecule has 7 heteroatoms. The molecule has 0 saturated carbocycles. The molecule has 2 saturated heterocycles. The molecule has 2 aliphatic heterocycles. The third-order valence-electron chi connectivity index (χ3n) is 6.01. The van der Waals surface area contributed by atoms with Gasteiger partial charge in [-0.3, -0.25) is 14.4 Å². The van der Waals surface area contributed by atoms with E-state index in [0.717, 1.165) is 55.8 Å². The number of aromatic nitrogens is 2. The van der Waals surface area contributed by atoms with Crippen molar-refractivity contribution in [1.82, 2.24) is 24.9 Å². The second-order valence-corrected chi connectivity index (χ2v) is 8.10. The third kappa shape index (κ3) is 3.69. The first-order valence-corrected chi connectivity index (χ1v) is 10.5. The summed E-state index contributed by atoms with van der Waals surface area (Å²) >= 11 is 6.41. The predicted molar refractivity (Wildman–Crippen MR) is 111 cm³/mol. The second-order valence-electron chi connectivity index (χ2n) is 7.74. The Morgan fingerprint density at radius 1 is 1.29 bits per heavy atom. The van der Waals surface area contributed by atoms with E-state index in [1.807, 2.05) is 37.4 Å². The fourth-order valence-electron chi connectivity index (χ4n) is 4.46. The van der Waals surface area contributed by atoms with Crippen LogP contribution in [0.5, 0.6) is 0 Å². The number of amides is 1. The summed E-state index contributed by atoms with van der Waals surface area (Å²) in [5, 5.41) is 8.75. The van der Waals surface area contributed by atoms with Gasteiger partial charge in [-0.1, -0.05) is 36.7 Å². The van der Waals surface area contributed by atoms with Crippen LogP contribution in [0.2, 0.25) is 5.15 Å². The minimum atomic E-state index is 0.153. The molecule has 2 bridgehead atoms. The summed E-state index contributed by atoms with van der Waals surface area (Å²) < 4.78 is 1.74. The maximum Gasteiger partial charge on any atom is 0.254 e. The minimum absolute atomic E-state index is 0.153. The molecule has 2 aliphatic rings. The minimum Gasteiger partial charge on any atom is -0.333 e. The highest BCUT2D eigenvalue weighted by Crippen LogP contribution is 2.26. The van der Waals surface area contributed by atoms with E-state index in [-0.39, 0.29) is 5.91 Å². The van der Waals surface area contributed by atoms with Gasteiger partial charge in [0.05, 0.1) is 5.69 Å². The lowest BCUT2D eigenvalue weighted by atomic mass is 10.1. The van der Waals surface area contributed by atoms with Crippen molar-refractivity contribution in [2.45, 2.75) is 38.4 Å². The molecule has 4 rings (SSSR count). The number of nitrogens with zero attached hydrogens (tertiary/aromatic N) is 4. The molecule has 3 atom stereocenters. The van der Waals surface area contributed by atoms with Crippen LogP contribution in [-0.4, -0.2) is 63.8 Å². The van der Waals surface area contributed by atoms with Gasteiger partial charge in [-0.2, -0.15) is 5.10 Å². The molecule has 6 nitrogen and oxygen atoms in total. The Hall–Kier alpha value is -1.89. The number of aryl methyl sites for hydroxylation is 2. The Morgan fingerprint density at radius 2 is 2.07 bits per heavy atom. The van der Waals surface area contributed by atoms with Crippen LogP contribution in [0, 0.1) is 0 Å². The molecule has 1 N–H and O–H groups in total. The van der Waals surface area contributed by atoms with Crippen LogP contribution in [0.3, 0.4) is 0 Å². The number of hydrogen-bond donors (Lipinski definition) is 1. The van der Waals surface area contributed by atoms with E-state index in [1.54, 1.807) is 4.68 Å². The van der Waals surface area contributed by atoms with Crippen LogP contribution in [0.15, 0.2) is 30.3 Å². The molecule has 150 valence electrons. The van der Waals surface area contributed by atoms with Gasteiger partial charge in [-0.25, -0.2) is 0 Å². The lowest BCUT2D eigenvalue weighted by Gasteiger charge is -2.40. The zero-order valence-corrected chi connectivity index (χ0v) is 17.3. The standard InChI is InChI=1S/C21H28ClN5O/c1-3-19-18(20(22)25(2)24-19)12-23-11-17-14-27(16-9-10-26(17)13-16)21(28)15-7-5-4-6-8-15/h4-8,16-17,23H,3,9-14H2,1-2H3/t16-,17+/m0/s1. The number of halogens is 1. The lowest BCUT2D eigenvalue weighted by Crippen LogP contribution is -2.57.